The average molecular weight is 151 g/mol. The maximum atomic E-state index is 11.0. The molecular formula is C8H7O3-. The highest BCUT2D eigenvalue weighted by Gasteiger charge is 2.02. The quantitative estimate of drug-likeness (QED) is 0.644. The SMILES string of the molecule is Cc1cccc(C(=O)O)c1[O-]. The van der Waals surface area contributed by atoms with Crippen LogP contribution in [0.5, 0.6) is 5.75 Å². The molecule has 0 aliphatic heterocycles. The van der Waals surface area contributed by atoms with E-state index in [1.807, 2.05) is 0 Å². The minimum Gasteiger partial charge on any atom is -0.872 e. The van der Waals surface area contributed by atoms with Crippen LogP contribution in [0.4, 0.5) is 0 Å². The third kappa shape index (κ3) is 1.32. The van der Waals surface area contributed by atoms with Crippen molar-refractivity contribution in [2.45, 2.75) is 6.92 Å². The molecular weight excluding hydrogens is 144 g/mol. The Bertz CT molecular complexity index is 291. The Balaban J connectivity index is 3.27. The van der Waals surface area contributed by atoms with Crippen LogP contribution in [0.3, 0.4) is 0 Å². The van der Waals surface area contributed by atoms with E-state index in [0.717, 1.165) is 0 Å². The van der Waals surface area contributed by atoms with Gasteiger partial charge in [-0.3, -0.25) is 0 Å². The van der Waals surface area contributed by atoms with Crippen LogP contribution in [0, 0.1) is 6.92 Å². The first-order valence-corrected chi connectivity index (χ1v) is 3.13. The van der Waals surface area contributed by atoms with E-state index in [4.69, 9.17) is 5.11 Å². The Morgan fingerprint density at radius 3 is 2.64 bits per heavy atom. The number of carboxylic acids is 1. The summed E-state index contributed by atoms with van der Waals surface area (Å²) >= 11 is 0. The number of carbonyl (C=O) groups is 1. The molecule has 0 atom stereocenters. The lowest BCUT2D eigenvalue weighted by Crippen LogP contribution is -2.04. The van der Waals surface area contributed by atoms with Gasteiger partial charge in [0.15, 0.2) is 0 Å². The van der Waals surface area contributed by atoms with E-state index >= 15 is 0 Å². The van der Waals surface area contributed by atoms with Crippen molar-refractivity contribution in [2.24, 2.45) is 0 Å². The third-order valence-electron chi connectivity index (χ3n) is 1.44. The second-order valence-corrected chi connectivity index (χ2v) is 2.26. The zero-order valence-electron chi connectivity index (χ0n) is 6.00. The van der Waals surface area contributed by atoms with E-state index in [1.54, 1.807) is 19.1 Å². The molecule has 0 heterocycles. The zero-order valence-corrected chi connectivity index (χ0v) is 6.00. The van der Waals surface area contributed by atoms with E-state index < -0.39 is 11.7 Å². The highest BCUT2D eigenvalue weighted by molar-refractivity contribution is 5.90. The Morgan fingerprint density at radius 1 is 1.55 bits per heavy atom. The molecule has 0 radical (unpaired) electrons. The van der Waals surface area contributed by atoms with Crippen molar-refractivity contribution in [2.75, 3.05) is 0 Å². The maximum absolute atomic E-state index is 11.0. The van der Waals surface area contributed by atoms with Crippen LogP contribution < -0.4 is 5.11 Å². The topological polar surface area (TPSA) is 60.4 Å². The second kappa shape index (κ2) is 2.62. The lowest BCUT2D eigenvalue weighted by atomic mass is 10.1. The molecule has 0 spiro atoms. The van der Waals surface area contributed by atoms with Crippen LogP contribution in [0.15, 0.2) is 18.2 Å². The standard InChI is InChI=1S/C8H8O3/c1-5-3-2-4-6(7(5)9)8(10)11/h2-4,9H,1H3,(H,10,11)/p-1. The molecule has 0 fully saturated rings. The fraction of sp³-hybridized carbons (Fsp3) is 0.125. The summed E-state index contributed by atoms with van der Waals surface area (Å²) in [5.74, 6) is -1.57. The Morgan fingerprint density at radius 2 is 2.18 bits per heavy atom. The molecule has 1 aromatic carbocycles. The minimum atomic E-state index is -1.17. The van der Waals surface area contributed by atoms with Gasteiger partial charge in [0.2, 0.25) is 0 Å². The molecule has 1 aromatic rings. The molecule has 0 unspecified atom stereocenters. The van der Waals surface area contributed by atoms with Gasteiger partial charge < -0.3 is 10.2 Å². The molecule has 11 heavy (non-hydrogen) atoms. The van der Waals surface area contributed by atoms with E-state index in [9.17, 15) is 9.90 Å². The largest absolute Gasteiger partial charge is 0.872 e. The summed E-state index contributed by atoms with van der Waals surface area (Å²) in [6.45, 7) is 1.59. The number of aryl methyl sites for hydroxylation is 1. The molecule has 0 bridgehead atoms. The van der Waals surface area contributed by atoms with Crippen LogP contribution >= 0.6 is 0 Å². The average Bonchev–Trinajstić information content (AvgIpc) is 1.94. The normalized spacial score (nSPS) is 9.55. The van der Waals surface area contributed by atoms with Crippen molar-refractivity contribution in [1.82, 2.24) is 0 Å². The van der Waals surface area contributed by atoms with Crippen molar-refractivity contribution in [1.29, 1.82) is 0 Å². The highest BCUT2D eigenvalue weighted by atomic mass is 16.4. The number of para-hydroxylation sites is 1. The summed E-state index contributed by atoms with van der Waals surface area (Å²) in [7, 11) is 0. The van der Waals surface area contributed by atoms with Crippen LogP contribution in [-0.4, -0.2) is 11.1 Å². The highest BCUT2D eigenvalue weighted by Crippen LogP contribution is 2.17. The molecule has 0 amide bonds. The minimum absolute atomic E-state index is 0.162. The van der Waals surface area contributed by atoms with Crippen molar-refractivity contribution in [3.8, 4) is 5.75 Å². The van der Waals surface area contributed by atoms with Gasteiger partial charge in [-0.25, -0.2) is 4.79 Å². The van der Waals surface area contributed by atoms with E-state index in [-0.39, 0.29) is 5.56 Å². The molecule has 3 heteroatoms. The molecule has 0 saturated heterocycles. The van der Waals surface area contributed by atoms with Gasteiger partial charge in [0.25, 0.3) is 0 Å². The van der Waals surface area contributed by atoms with Crippen molar-refractivity contribution >= 4 is 5.97 Å². The Hall–Kier alpha value is -1.51. The van der Waals surface area contributed by atoms with E-state index in [1.165, 1.54) is 6.07 Å². The van der Waals surface area contributed by atoms with E-state index in [2.05, 4.69) is 0 Å². The van der Waals surface area contributed by atoms with E-state index in [0.29, 0.717) is 5.56 Å². The van der Waals surface area contributed by atoms with Crippen molar-refractivity contribution in [3.63, 3.8) is 0 Å². The van der Waals surface area contributed by atoms with Gasteiger partial charge >= 0.3 is 5.97 Å². The molecule has 3 nitrogen and oxygen atoms in total. The van der Waals surface area contributed by atoms with Gasteiger partial charge in [0, 0.05) is 0 Å². The van der Waals surface area contributed by atoms with Gasteiger partial charge in [-0.05, 0) is 13.0 Å². The van der Waals surface area contributed by atoms with Crippen LogP contribution in [0.2, 0.25) is 0 Å². The monoisotopic (exact) mass is 151 g/mol. The predicted molar refractivity (Wildman–Crippen MR) is 37.6 cm³/mol. The first-order chi connectivity index (χ1) is 5.13. The maximum Gasteiger partial charge on any atom is 0.335 e. The van der Waals surface area contributed by atoms with Gasteiger partial charge in [-0.1, -0.05) is 23.4 Å². The lowest BCUT2D eigenvalue weighted by molar-refractivity contribution is -0.269. The summed E-state index contributed by atoms with van der Waals surface area (Å²) in [5.41, 5.74) is 0.301. The summed E-state index contributed by atoms with van der Waals surface area (Å²) in [4.78, 5) is 10.4. The second-order valence-electron chi connectivity index (χ2n) is 2.26. The molecule has 1 N–H and O–H groups in total. The van der Waals surface area contributed by atoms with Gasteiger partial charge in [-0.2, -0.15) is 0 Å². The van der Waals surface area contributed by atoms with Gasteiger partial charge in [0.05, 0.1) is 5.56 Å². The summed E-state index contributed by atoms with van der Waals surface area (Å²) < 4.78 is 0. The summed E-state index contributed by atoms with van der Waals surface area (Å²) in [6.07, 6.45) is 0. The number of aromatic carboxylic acids is 1. The number of hydrogen-bond donors (Lipinski definition) is 1. The summed E-state index contributed by atoms with van der Waals surface area (Å²) in [6, 6.07) is 4.45. The molecule has 1 rings (SSSR count). The lowest BCUT2D eigenvalue weighted by Gasteiger charge is -2.12. The smallest absolute Gasteiger partial charge is 0.335 e. The number of carboxylic acid groups (broad SMARTS) is 1. The molecule has 0 aliphatic carbocycles. The molecule has 0 saturated carbocycles. The van der Waals surface area contributed by atoms with Crippen LogP contribution in [0.25, 0.3) is 0 Å². The third-order valence-corrected chi connectivity index (χ3v) is 1.44. The zero-order chi connectivity index (χ0) is 8.43. The van der Waals surface area contributed by atoms with Crippen LogP contribution in [-0.2, 0) is 0 Å². The van der Waals surface area contributed by atoms with Crippen molar-refractivity contribution < 1.29 is 15.0 Å². The molecule has 58 valence electrons. The number of hydrogen-bond acceptors (Lipinski definition) is 2. The first-order valence-electron chi connectivity index (χ1n) is 3.13. The van der Waals surface area contributed by atoms with Crippen LogP contribution in [0.1, 0.15) is 15.9 Å². The first kappa shape index (κ1) is 7.60. The predicted octanol–water partition coefficient (Wildman–Crippen LogP) is 0.767. The fourth-order valence-electron chi connectivity index (χ4n) is 0.821. The summed E-state index contributed by atoms with van der Waals surface area (Å²) in [5, 5.41) is 19.5. The van der Waals surface area contributed by atoms with Gasteiger partial charge in [0.1, 0.15) is 0 Å². The Kier molecular flexibility index (Phi) is 1.81. The number of rotatable bonds is 1. The molecule has 0 aromatic heterocycles. The van der Waals surface area contributed by atoms with Gasteiger partial charge in [-0.15, -0.1) is 0 Å². The van der Waals surface area contributed by atoms with Crippen molar-refractivity contribution in [3.05, 3.63) is 29.3 Å². The fourth-order valence-corrected chi connectivity index (χ4v) is 0.821. The molecule has 0 aliphatic rings. The number of benzene rings is 1. The Labute approximate surface area is 63.9 Å².